The van der Waals surface area contributed by atoms with Gasteiger partial charge in [-0.05, 0) is 18.8 Å². The Morgan fingerprint density at radius 2 is 2.11 bits per heavy atom. The van der Waals surface area contributed by atoms with E-state index >= 15 is 0 Å². The molecule has 0 spiro atoms. The number of nitrogens with zero attached hydrogens (tertiary/aromatic N) is 3. The van der Waals surface area contributed by atoms with Crippen molar-refractivity contribution in [3.8, 4) is 0 Å². The molecule has 4 nitrogen and oxygen atoms in total. The maximum atomic E-state index is 10.7. The van der Waals surface area contributed by atoms with Gasteiger partial charge in [0.05, 0.1) is 17.0 Å². The molecule has 100 valence electrons. The molecule has 0 radical (unpaired) electrons. The van der Waals surface area contributed by atoms with E-state index < -0.39 is 5.60 Å². The van der Waals surface area contributed by atoms with Crippen LogP contribution in [0.25, 0.3) is 0 Å². The molecule has 1 N–H and O–H groups in total. The van der Waals surface area contributed by atoms with Crippen LogP contribution >= 0.6 is 0 Å². The van der Waals surface area contributed by atoms with Gasteiger partial charge in [-0.25, -0.2) is 0 Å². The van der Waals surface area contributed by atoms with E-state index in [0.29, 0.717) is 5.92 Å². The van der Waals surface area contributed by atoms with Gasteiger partial charge >= 0.3 is 0 Å². The summed E-state index contributed by atoms with van der Waals surface area (Å²) in [5.41, 5.74) is 1.42. The molecule has 0 saturated carbocycles. The van der Waals surface area contributed by atoms with Gasteiger partial charge in [0, 0.05) is 32.0 Å². The van der Waals surface area contributed by atoms with E-state index in [1.165, 1.54) is 0 Å². The van der Waals surface area contributed by atoms with E-state index in [-0.39, 0.29) is 5.92 Å². The van der Waals surface area contributed by atoms with Crippen LogP contribution < -0.4 is 0 Å². The van der Waals surface area contributed by atoms with Crippen molar-refractivity contribution in [3.05, 3.63) is 23.8 Å². The van der Waals surface area contributed by atoms with Gasteiger partial charge in [-0.1, -0.05) is 20.8 Å². The molecular weight excluding hydrogens is 226 g/mol. The fourth-order valence-electron chi connectivity index (χ4n) is 2.80. The van der Waals surface area contributed by atoms with E-state index in [1.807, 2.05) is 6.92 Å². The SMILES string of the molecule is Cc1nccnc1CN1C[C@@H](C)[C@](O)(C(C)C)C1. The van der Waals surface area contributed by atoms with Gasteiger partial charge in [-0.3, -0.25) is 14.9 Å². The molecule has 1 aromatic heterocycles. The summed E-state index contributed by atoms with van der Waals surface area (Å²) < 4.78 is 0. The number of hydrogen-bond donors (Lipinski definition) is 1. The number of likely N-dealkylation sites (tertiary alicyclic amines) is 1. The van der Waals surface area contributed by atoms with E-state index in [2.05, 4.69) is 35.6 Å². The highest BCUT2D eigenvalue weighted by Crippen LogP contribution is 2.34. The summed E-state index contributed by atoms with van der Waals surface area (Å²) in [7, 11) is 0. The molecule has 18 heavy (non-hydrogen) atoms. The predicted octanol–water partition coefficient (Wildman–Crippen LogP) is 1.62. The second-order valence-corrected chi connectivity index (χ2v) is 5.81. The molecule has 2 atom stereocenters. The van der Waals surface area contributed by atoms with Gasteiger partial charge in [-0.15, -0.1) is 0 Å². The molecule has 0 aliphatic carbocycles. The normalized spacial score (nSPS) is 29.1. The molecule has 1 saturated heterocycles. The quantitative estimate of drug-likeness (QED) is 0.884. The zero-order valence-electron chi connectivity index (χ0n) is 11.7. The summed E-state index contributed by atoms with van der Waals surface area (Å²) in [6.45, 7) is 10.7. The Hall–Kier alpha value is -1.00. The van der Waals surface area contributed by atoms with E-state index in [1.54, 1.807) is 12.4 Å². The molecule has 1 aliphatic rings. The first kappa shape index (κ1) is 13.4. The van der Waals surface area contributed by atoms with Crippen LogP contribution in [0.3, 0.4) is 0 Å². The second kappa shape index (κ2) is 4.94. The van der Waals surface area contributed by atoms with Crippen LogP contribution in [0.1, 0.15) is 32.2 Å². The highest BCUT2D eigenvalue weighted by Gasteiger charge is 2.44. The molecule has 1 aliphatic heterocycles. The zero-order valence-corrected chi connectivity index (χ0v) is 11.7. The first-order valence-corrected chi connectivity index (χ1v) is 6.64. The van der Waals surface area contributed by atoms with Gasteiger partial charge in [0.1, 0.15) is 0 Å². The van der Waals surface area contributed by atoms with Crippen LogP contribution in [0.4, 0.5) is 0 Å². The van der Waals surface area contributed by atoms with Crippen LogP contribution in [0.5, 0.6) is 0 Å². The molecule has 1 fully saturated rings. The lowest BCUT2D eigenvalue weighted by Crippen LogP contribution is -2.42. The van der Waals surface area contributed by atoms with Gasteiger partial charge in [0.15, 0.2) is 0 Å². The fraction of sp³-hybridized carbons (Fsp3) is 0.714. The highest BCUT2D eigenvalue weighted by atomic mass is 16.3. The van der Waals surface area contributed by atoms with Crippen molar-refractivity contribution in [2.45, 2.75) is 39.8 Å². The Balaban J connectivity index is 2.08. The van der Waals surface area contributed by atoms with Gasteiger partial charge in [0.2, 0.25) is 0 Å². The molecule has 1 aromatic rings. The Labute approximate surface area is 109 Å². The molecule has 4 heteroatoms. The van der Waals surface area contributed by atoms with Crippen LogP contribution in [0.15, 0.2) is 12.4 Å². The summed E-state index contributed by atoms with van der Waals surface area (Å²) in [6.07, 6.45) is 3.45. The summed E-state index contributed by atoms with van der Waals surface area (Å²) >= 11 is 0. The lowest BCUT2D eigenvalue weighted by molar-refractivity contribution is -0.0255. The first-order valence-electron chi connectivity index (χ1n) is 6.64. The molecule has 0 bridgehead atoms. The van der Waals surface area contributed by atoms with Crippen molar-refractivity contribution in [3.63, 3.8) is 0 Å². The summed E-state index contributed by atoms with van der Waals surface area (Å²) in [6, 6.07) is 0. The molecule has 0 amide bonds. The van der Waals surface area contributed by atoms with Crippen molar-refractivity contribution in [1.82, 2.24) is 14.9 Å². The lowest BCUT2D eigenvalue weighted by atomic mass is 9.82. The summed E-state index contributed by atoms with van der Waals surface area (Å²) in [5.74, 6) is 0.579. The maximum Gasteiger partial charge on any atom is 0.0834 e. The molecule has 0 aromatic carbocycles. The molecule has 2 heterocycles. The Morgan fingerprint density at radius 3 is 2.67 bits per heavy atom. The maximum absolute atomic E-state index is 10.7. The Bertz CT molecular complexity index is 421. The van der Waals surface area contributed by atoms with E-state index in [0.717, 1.165) is 31.0 Å². The molecule has 0 unspecified atom stereocenters. The summed E-state index contributed by atoms with van der Waals surface area (Å²) in [4.78, 5) is 10.9. The number of rotatable bonds is 3. The fourth-order valence-corrected chi connectivity index (χ4v) is 2.80. The van der Waals surface area contributed by atoms with Crippen molar-refractivity contribution < 1.29 is 5.11 Å². The van der Waals surface area contributed by atoms with Crippen molar-refractivity contribution in [2.24, 2.45) is 11.8 Å². The standard InChI is InChI=1S/C14H23N3O/c1-10(2)14(18)9-17(7-11(14)3)8-13-12(4)15-5-6-16-13/h5-6,10-11,18H,7-9H2,1-4H3/t11-,14-/m1/s1. The number of β-amino-alcohol motifs (C(OH)–C–C–N with tert-alkyl or cyclic N) is 1. The van der Waals surface area contributed by atoms with Crippen molar-refractivity contribution >= 4 is 0 Å². The van der Waals surface area contributed by atoms with E-state index in [9.17, 15) is 5.11 Å². The van der Waals surface area contributed by atoms with Crippen LogP contribution in [-0.2, 0) is 6.54 Å². The highest BCUT2D eigenvalue weighted by molar-refractivity contribution is 5.09. The van der Waals surface area contributed by atoms with Crippen LogP contribution in [0.2, 0.25) is 0 Å². The monoisotopic (exact) mass is 249 g/mol. The average Bonchev–Trinajstić information content (AvgIpc) is 2.59. The largest absolute Gasteiger partial charge is 0.388 e. The number of hydrogen-bond acceptors (Lipinski definition) is 4. The minimum Gasteiger partial charge on any atom is -0.388 e. The summed E-state index contributed by atoms with van der Waals surface area (Å²) in [5, 5.41) is 10.7. The zero-order chi connectivity index (χ0) is 13.3. The number of aryl methyl sites for hydroxylation is 1. The minimum atomic E-state index is -0.573. The van der Waals surface area contributed by atoms with E-state index in [4.69, 9.17) is 0 Å². The van der Waals surface area contributed by atoms with Crippen LogP contribution in [-0.4, -0.2) is 38.7 Å². The second-order valence-electron chi connectivity index (χ2n) is 5.81. The Morgan fingerprint density at radius 1 is 1.44 bits per heavy atom. The Kier molecular flexibility index (Phi) is 3.69. The van der Waals surface area contributed by atoms with Gasteiger partial charge in [0.25, 0.3) is 0 Å². The third kappa shape index (κ3) is 2.40. The third-order valence-corrected chi connectivity index (χ3v) is 4.22. The van der Waals surface area contributed by atoms with Crippen molar-refractivity contribution in [1.29, 1.82) is 0 Å². The van der Waals surface area contributed by atoms with Crippen molar-refractivity contribution in [2.75, 3.05) is 13.1 Å². The number of aromatic nitrogens is 2. The first-order chi connectivity index (χ1) is 8.43. The van der Waals surface area contributed by atoms with Gasteiger partial charge < -0.3 is 5.11 Å². The smallest absolute Gasteiger partial charge is 0.0834 e. The minimum absolute atomic E-state index is 0.278. The lowest BCUT2D eigenvalue weighted by Gasteiger charge is -2.31. The van der Waals surface area contributed by atoms with Crippen LogP contribution in [0, 0.1) is 18.8 Å². The molecule has 2 rings (SSSR count). The van der Waals surface area contributed by atoms with Gasteiger partial charge in [-0.2, -0.15) is 0 Å². The average molecular weight is 249 g/mol. The predicted molar refractivity (Wildman–Crippen MR) is 71.0 cm³/mol. The third-order valence-electron chi connectivity index (χ3n) is 4.22. The topological polar surface area (TPSA) is 49.2 Å². The molecular formula is C14H23N3O. The number of aliphatic hydroxyl groups is 1.